The predicted octanol–water partition coefficient (Wildman–Crippen LogP) is 3.95. The molecule has 0 aliphatic carbocycles. The van der Waals surface area contributed by atoms with E-state index in [9.17, 15) is 9.59 Å². The van der Waals surface area contributed by atoms with Crippen molar-refractivity contribution in [1.29, 1.82) is 0 Å². The summed E-state index contributed by atoms with van der Waals surface area (Å²) in [6.07, 6.45) is 0.412. The Morgan fingerprint density at radius 3 is 1.68 bits per heavy atom. The minimum absolute atomic E-state index is 0.0109. The Labute approximate surface area is 135 Å². The first kappa shape index (κ1) is 21.3. The van der Waals surface area contributed by atoms with Crippen molar-refractivity contribution in [3.8, 4) is 0 Å². The van der Waals surface area contributed by atoms with Crippen LogP contribution in [0.2, 0.25) is 0 Å². The van der Waals surface area contributed by atoms with Crippen LogP contribution in [-0.2, 0) is 19.1 Å². The zero-order valence-corrected chi connectivity index (χ0v) is 15.8. The molecule has 0 saturated carbocycles. The molecule has 0 saturated heterocycles. The van der Waals surface area contributed by atoms with Crippen molar-refractivity contribution in [3.63, 3.8) is 0 Å². The van der Waals surface area contributed by atoms with Crippen molar-refractivity contribution in [2.24, 2.45) is 5.41 Å². The summed E-state index contributed by atoms with van der Waals surface area (Å²) in [6, 6.07) is 0. The van der Waals surface area contributed by atoms with E-state index < -0.39 is 22.7 Å². The molecule has 0 aromatic carbocycles. The van der Waals surface area contributed by atoms with Crippen LogP contribution in [0.5, 0.6) is 0 Å². The zero-order chi connectivity index (χ0) is 17.8. The fraction of sp³-hybridized carbons (Fsp3) is 0.889. The van der Waals surface area contributed by atoms with E-state index in [4.69, 9.17) is 9.47 Å². The molecule has 0 aromatic rings. The highest BCUT2D eigenvalue weighted by Crippen LogP contribution is 2.31. The summed E-state index contributed by atoms with van der Waals surface area (Å²) >= 11 is 0. The Bertz CT molecular complexity index is 396. The lowest BCUT2D eigenvalue weighted by atomic mass is 9.79. The molecule has 0 heterocycles. The van der Waals surface area contributed by atoms with E-state index >= 15 is 0 Å². The molecular weight excluding hydrogens is 280 g/mol. The van der Waals surface area contributed by atoms with Crippen LogP contribution < -0.4 is 0 Å². The summed E-state index contributed by atoms with van der Waals surface area (Å²) in [5.41, 5.74) is -2.34. The minimum Gasteiger partial charge on any atom is -0.368 e. The van der Waals surface area contributed by atoms with Gasteiger partial charge in [-0.15, -0.1) is 0 Å². The van der Waals surface area contributed by atoms with Gasteiger partial charge in [-0.2, -0.15) is 0 Å². The lowest BCUT2D eigenvalue weighted by molar-refractivity contribution is -0.173. The quantitative estimate of drug-likeness (QED) is 0.646. The van der Waals surface area contributed by atoms with Gasteiger partial charge in [0.1, 0.15) is 17.3 Å². The average Bonchev–Trinajstić information content (AvgIpc) is 2.44. The molecule has 3 unspecified atom stereocenters. The molecular formula is C18H34O4. The Hall–Kier alpha value is -0.740. The number of hydrogen-bond acceptors (Lipinski definition) is 4. The minimum atomic E-state index is -0.964. The maximum atomic E-state index is 12.7. The standard InChI is InChI=1S/C18H34O4/c1-10-17(8,21-12-3)14(19)13(4)22-18(9,11-2)15(20)16(5,6)7/h13H,10-12H2,1-9H3. The average molecular weight is 314 g/mol. The number of ether oxygens (including phenoxy) is 2. The molecule has 0 aliphatic heterocycles. The van der Waals surface area contributed by atoms with E-state index in [1.54, 1.807) is 20.8 Å². The lowest BCUT2D eigenvalue weighted by Crippen LogP contribution is -2.51. The highest BCUT2D eigenvalue weighted by molar-refractivity contribution is 5.93. The Morgan fingerprint density at radius 2 is 1.36 bits per heavy atom. The second-order valence-electron chi connectivity index (χ2n) is 7.31. The fourth-order valence-corrected chi connectivity index (χ4v) is 2.63. The first-order chi connectivity index (χ1) is 9.88. The Kier molecular flexibility index (Phi) is 7.43. The number of carbonyl (C=O) groups excluding carboxylic acids is 2. The third-order valence-electron chi connectivity index (χ3n) is 4.30. The third kappa shape index (κ3) is 4.88. The smallest absolute Gasteiger partial charge is 0.192 e. The molecule has 4 heteroatoms. The number of ketones is 2. The van der Waals surface area contributed by atoms with E-state index in [0.29, 0.717) is 19.4 Å². The molecule has 22 heavy (non-hydrogen) atoms. The molecule has 0 spiro atoms. The van der Waals surface area contributed by atoms with Gasteiger partial charge < -0.3 is 9.47 Å². The molecule has 130 valence electrons. The molecule has 0 rings (SSSR count). The van der Waals surface area contributed by atoms with Gasteiger partial charge in [-0.1, -0.05) is 34.6 Å². The molecule has 4 nitrogen and oxygen atoms in total. The molecule has 0 fully saturated rings. The van der Waals surface area contributed by atoms with Crippen molar-refractivity contribution in [3.05, 3.63) is 0 Å². The van der Waals surface area contributed by atoms with Crippen molar-refractivity contribution in [2.75, 3.05) is 6.61 Å². The number of Topliss-reactive ketones (excluding diaryl/α,β-unsaturated/α-hetero) is 2. The van der Waals surface area contributed by atoms with E-state index in [1.807, 2.05) is 41.5 Å². The van der Waals surface area contributed by atoms with Gasteiger partial charge >= 0.3 is 0 Å². The van der Waals surface area contributed by atoms with Crippen LogP contribution in [0.4, 0.5) is 0 Å². The molecule has 0 amide bonds. The maximum absolute atomic E-state index is 12.7. The second-order valence-corrected chi connectivity index (χ2v) is 7.31. The largest absolute Gasteiger partial charge is 0.368 e. The Morgan fingerprint density at radius 1 is 0.909 bits per heavy atom. The van der Waals surface area contributed by atoms with Crippen LogP contribution in [0.25, 0.3) is 0 Å². The summed E-state index contributed by atoms with van der Waals surface area (Å²) in [5, 5.41) is 0. The highest BCUT2D eigenvalue weighted by Gasteiger charge is 2.44. The normalized spacial score (nSPS) is 19.1. The third-order valence-corrected chi connectivity index (χ3v) is 4.30. The van der Waals surface area contributed by atoms with Gasteiger partial charge in [0.2, 0.25) is 0 Å². The van der Waals surface area contributed by atoms with Gasteiger partial charge in [0.15, 0.2) is 11.6 Å². The summed E-state index contributed by atoms with van der Waals surface area (Å²) < 4.78 is 11.6. The monoisotopic (exact) mass is 314 g/mol. The van der Waals surface area contributed by atoms with Gasteiger partial charge in [0.05, 0.1) is 0 Å². The SMILES string of the molecule is CCOC(C)(CC)C(=O)C(C)OC(C)(CC)C(=O)C(C)(C)C. The van der Waals surface area contributed by atoms with E-state index in [1.165, 1.54) is 0 Å². The first-order valence-corrected chi connectivity index (χ1v) is 8.29. The summed E-state index contributed by atoms with van der Waals surface area (Å²) in [7, 11) is 0. The zero-order valence-electron chi connectivity index (χ0n) is 15.8. The molecule has 0 radical (unpaired) electrons. The van der Waals surface area contributed by atoms with Gasteiger partial charge in [-0.05, 0) is 40.5 Å². The van der Waals surface area contributed by atoms with E-state index in [0.717, 1.165) is 0 Å². The topological polar surface area (TPSA) is 52.6 Å². The van der Waals surface area contributed by atoms with Crippen molar-refractivity contribution >= 4 is 11.6 Å². The predicted molar refractivity (Wildman–Crippen MR) is 89.0 cm³/mol. The molecule has 0 bridgehead atoms. The number of hydrogen-bond donors (Lipinski definition) is 0. The van der Waals surface area contributed by atoms with Crippen molar-refractivity contribution < 1.29 is 19.1 Å². The van der Waals surface area contributed by atoms with Gasteiger partial charge in [-0.25, -0.2) is 0 Å². The van der Waals surface area contributed by atoms with Crippen LogP contribution in [0.1, 0.15) is 75.2 Å². The highest BCUT2D eigenvalue weighted by atomic mass is 16.5. The summed E-state index contributed by atoms with van der Waals surface area (Å²) in [6.45, 7) is 17.0. The van der Waals surface area contributed by atoms with Crippen molar-refractivity contribution in [2.45, 2.75) is 92.5 Å². The van der Waals surface area contributed by atoms with E-state index in [2.05, 4.69) is 0 Å². The van der Waals surface area contributed by atoms with Crippen molar-refractivity contribution in [1.82, 2.24) is 0 Å². The van der Waals surface area contributed by atoms with Crippen LogP contribution in [-0.4, -0.2) is 35.5 Å². The molecule has 0 aromatic heterocycles. The first-order valence-electron chi connectivity index (χ1n) is 8.29. The molecule has 0 aliphatic rings. The second kappa shape index (κ2) is 7.69. The number of carbonyl (C=O) groups is 2. The number of rotatable bonds is 9. The molecule has 0 N–H and O–H groups in total. The maximum Gasteiger partial charge on any atom is 0.192 e. The van der Waals surface area contributed by atoms with Gasteiger partial charge in [-0.3, -0.25) is 9.59 Å². The van der Waals surface area contributed by atoms with Gasteiger partial charge in [0, 0.05) is 12.0 Å². The van der Waals surface area contributed by atoms with Gasteiger partial charge in [0.25, 0.3) is 0 Å². The molecule has 3 atom stereocenters. The fourth-order valence-electron chi connectivity index (χ4n) is 2.63. The van der Waals surface area contributed by atoms with E-state index in [-0.39, 0.29) is 11.6 Å². The lowest BCUT2D eigenvalue weighted by Gasteiger charge is -2.37. The van der Waals surface area contributed by atoms with Crippen LogP contribution in [0, 0.1) is 5.41 Å². The Balaban J connectivity index is 5.27. The summed E-state index contributed by atoms with van der Waals surface area (Å²) in [4.78, 5) is 25.3. The van der Waals surface area contributed by atoms with Crippen LogP contribution in [0.3, 0.4) is 0 Å². The van der Waals surface area contributed by atoms with Crippen LogP contribution in [0.15, 0.2) is 0 Å². The van der Waals surface area contributed by atoms with Crippen LogP contribution >= 0.6 is 0 Å². The summed E-state index contributed by atoms with van der Waals surface area (Å²) in [5.74, 6) is -0.102.